The molecule has 1 N–H and O–H groups in total. The van der Waals surface area contributed by atoms with Crippen molar-refractivity contribution in [2.24, 2.45) is 0 Å². The Labute approximate surface area is 190 Å². The van der Waals surface area contributed by atoms with Crippen molar-refractivity contribution in [3.05, 3.63) is 54.4 Å². The van der Waals surface area contributed by atoms with Gasteiger partial charge in [0.25, 0.3) is 0 Å². The van der Waals surface area contributed by atoms with Gasteiger partial charge in [0.2, 0.25) is 5.91 Å². The predicted octanol–water partition coefficient (Wildman–Crippen LogP) is 5.47. The third kappa shape index (κ3) is 3.76. The van der Waals surface area contributed by atoms with E-state index in [0.717, 1.165) is 57.1 Å². The lowest BCUT2D eigenvalue weighted by molar-refractivity contribution is -0.120. The number of benzene rings is 1. The van der Waals surface area contributed by atoms with E-state index in [2.05, 4.69) is 27.3 Å². The molecule has 2 saturated heterocycles. The van der Waals surface area contributed by atoms with E-state index in [0.29, 0.717) is 18.1 Å². The second kappa shape index (κ2) is 7.90. The summed E-state index contributed by atoms with van der Waals surface area (Å²) in [4.78, 5) is 19.4. The first-order valence-electron chi connectivity index (χ1n) is 11.2. The number of furan rings is 1. The number of carbonyl (C=O) groups excluding carboxylic acids is 1. The van der Waals surface area contributed by atoms with Crippen molar-refractivity contribution in [2.75, 3.05) is 0 Å². The number of hydrogen-bond acceptors (Lipinski definition) is 6. The summed E-state index contributed by atoms with van der Waals surface area (Å²) in [5.41, 5.74) is 0.845. The van der Waals surface area contributed by atoms with Gasteiger partial charge in [-0.1, -0.05) is 17.4 Å². The lowest BCUT2D eigenvalue weighted by atomic mass is 9.97. The first-order valence-corrected chi connectivity index (χ1v) is 12.0. The normalized spacial score (nSPS) is 23.1. The van der Waals surface area contributed by atoms with Crippen molar-refractivity contribution in [2.45, 2.75) is 57.3 Å². The molecule has 0 aliphatic carbocycles. The van der Waals surface area contributed by atoms with Crippen LogP contribution in [0.1, 0.15) is 38.4 Å². The highest BCUT2D eigenvalue weighted by molar-refractivity contribution is 7.20. The highest BCUT2D eigenvalue weighted by Gasteiger charge is 2.41. The SMILES string of the molecule is CC(=O)N[C@H]1C[C@H]2CC[C@@H](C1)N2Cc1cc2ccc(Oc3cc4cccnc4s3)cc2o1. The zero-order valence-corrected chi connectivity index (χ0v) is 18.7. The molecule has 2 aliphatic heterocycles. The van der Waals surface area contributed by atoms with Gasteiger partial charge in [0.05, 0.1) is 6.54 Å². The van der Waals surface area contributed by atoms with Crippen molar-refractivity contribution < 1.29 is 13.9 Å². The average molecular weight is 448 g/mol. The van der Waals surface area contributed by atoms with E-state index >= 15 is 0 Å². The molecule has 2 bridgehead atoms. The molecule has 6 nitrogen and oxygen atoms in total. The Kier molecular flexibility index (Phi) is 4.88. The number of aromatic nitrogens is 1. The molecule has 0 spiro atoms. The van der Waals surface area contributed by atoms with Gasteiger partial charge in [-0.2, -0.15) is 0 Å². The van der Waals surface area contributed by atoms with E-state index < -0.39 is 0 Å². The van der Waals surface area contributed by atoms with Gasteiger partial charge in [0.15, 0.2) is 5.06 Å². The number of ether oxygens (including phenoxy) is 1. The Bertz CT molecular complexity index is 1250. The van der Waals surface area contributed by atoms with Gasteiger partial charge >= 0.3 is 0 Å². The number of hydrogen-bond donors (Lipinski definition) is 1. The average Bonchev–Trinajstić information content (AvgIpc) is 3.41. The summed E-state index contributed by atoms with van der Waals surface area (Å²) in [5, 5.41) is 6.12. The maximum absolute atomic E-state index is 11.5. The van der Waals surface area contributed by atoms with Crippen LogP contribution in [0.2, 0.25) is 0 Å². The number of carbonyl (C=O) groups is 1. The van der Waals surface area contributed by atoms with Crippen LogP contribution in [0.5, 0.6) is 10.8 Å². The molecule has 0 radical (unpaired) electrons. The number of thiophene rings is 1. The molecule has 4 aromatic rings. The second-order valence-corrected chi connectivity index (χ2v) is 9.90. The molecular weight excluding hydrogens is 422 g/mol. The molecule has 0 unspecified atom stereocenters. The molecule has 3 atom stereocenters. The molecule has 0 saturated carbocycles. The molecule has 7 heteroatoms. The van der Waals surface area contributed by atoms with E-state index in [1.165, 1.54) is 12.8 Å². The van der Waals surface area contributed by atoms with Crippen LogP contribution in [0, 0.1) is 0 Å². The standard InChI is InChI=1S/C25H25N3O3S/c1-15(29)27-18-11-19-5-6-20(12-18)28(19)14-22-9-16-4-7-21(13-23(16)30-22)31-24-10-17-3-2-8-26-25(17)32-24/h2-4,7-10,13,18-20H,5-6,11-12,14H2,1H3,(H,27,29)/t18-,19+,20-. The smallest absolute Gasteiger partial charge is 0.217 e. The summed E-state index contributed by atoms with van der Waals surface area (Å²) in [6.07, 6.45) is 6.25. The van der Waals surface area contributed by atoms with Crippen LogP contribution in [0.15, 0.2) is 53.1 Å². The summed E-state index contributed by atoms with van der Waals surface area (Å²) < 4.78 is 12.3. The van der Waals surface area contributed by atoms with E-state index in [-0.39, 0.29) is 5.91 Å². The molecule has 2 aliphatic rings. The highest BCUT2D eigenvalue weighted by Crippen LogP contribution is 2.38. The predicted molar refractivity (Wildman–Crippen MR) is 125 cm³/mol. The molecule has 32 heavy (non-hydrogen) atoms. The quantitative estimate of drug-likeness (QED) is 0.440. The van der Waals surface area contributed by atoms with Crippen molar-refractivity contribution >= 4 is 38.4 Å². The van der Waals surface area contributed by atoms with Crippen LogP contribution in [0.3, 0.4) is 0 Å². The molecule has 3 aromatic heterocycles. The van der Waals surface area contributed by atoms with Gasteiger partial charge in [-0.25, -0.2) is 4.98 Å². The van der Waals surface area contributed by atoms with Gasteiger partial charge in [-0.3, -0.25) is 9.69 Å². The molecular formula is C25H25N3O3S. The van der Waals surface area contributed by atoms with Gasteiger partial charge in [-0.15, -0.1) is 0 Å². The molecule has 6 rings (SSSR count). The Morgan fingerprint density at radius 2 is 2.03 bits per heavy atom. The number of fused-ring (bicyclic) bond motifs is 4. The second-order valence-electron chi connectivity index (χ2n) is 8.90. The van der Waals surface area contributed by atoms with Crippen molar-refractivity contribution in [1.82, 2.24) is 15.2 Å². The number of amides is 1. The first-order chi connectivity index (χ1) is 15.6. The summed E-state index contributed by atoms with van der Waals surface area (Å²) >= 11 is 1.54. The number of pyridine rings is 1. The Balaban J connectivity index is 1.17. The van der Waals surface area contributed by atoms with Gasteiger partial charge in [-0.05, 0) is 49.9 Å². The summed E-state index contributed by atoms with van der Waals surface area (Å²) in [6.45, 7) is 2.42. The maximum Gasteiger partial charge on any atom is 0.217 e. The number of nitrogens with zero attached hydrogens (tertiary/aromatic N) is 2. The fraction of sp³-hybridized carbons (Fsp3) is 0.360. The Morgan fingerprint density at radius 1 is 1.19 bits per heavy atom. The third-order valence-corrected chi connectivity index (χ3v) is 7.60. The van der Waals surface area contributed by atoms with Crippen LogP contribution < -0.4 is 10.1 Å². The summed E-state index contributed by atoms with van der Waals surface area (Å²) in [7, 11) is 0. The fourth-order valence-electron chi connectivity index (χ4n) is 5.34. The lowest BCUT2D eigenvalue weighted by Crippen LogP contribution is -2.49. The van der Waals surface area contributed by atoms with Gasteiger partial charge < -0.3 is 14.5 Å². The van der Waals surface area contributed by atoms with Crippen LogP contribution in [-0.4, -0.2) is 33.9 Å². The summed E-state index contributed by atoms with van der Waals surface area (Å²) in [5.74, 6) is 1.82. The third-order valence-electron chi connectivity index (χ3n) is 6.66. The first kappa shape index (κ1) is 19.8. The van der Waals surface area contributed by atoms with Crippen molar-refractivity contribution in [3.8, 4) is 10.8 Å². The van der Waals surface area contributed by atoms with Crippen LogP contribution in [0.4, 0.5) is 0 Å². The van der Waals surface area contributed by atoms with Crippen molar-refractivity contribution in [3.63, 3.8) is 0 Å². The minimum Gasteiger partial charge on any atom is -0.460 e. The number of nitrogens with one attached hydrogen (secondary N) is 1. The van der Waals surface area contributed by atoms with Crippen LogP contribution in [-0.2, 0) is 11.3 Å². The van der Waals surface area contributed by atoms with Crippen LogP contribution in [0.25, 0.3) is 21.2 Å². The zero-order valence-electron chi connectivity index (χ0n) is 17.9. The van der Waals surface area contributed by atoms with E-state index in [1.54, 1.807) is 24.5 Å². The highest BCUT2D eigenvalue weighted by atomic mass is 32.1. The topological polar surface area (TPSA) is 67.6 Å². The molecule has 1 amide bonds. The van der Waals surface area contributed by atoms with Crippen LogP contribution >= 0.6 is 11.3 Å². The van der Waals surface area contributed by atoms with E-state index in [1.807, 2.05) is 30.3 Å². The fourth-order valence-corrected chi connectivity index (χ4v) is 6.21. The zero-order chi connectivity index (χ0) is 21.7. The Hall–Kier alpha value is -2.90. The molecule has 164 valence electrons. The molecule has 5 heterocycles. The monoisotopic (exact) mass is 447 g/mol. The number of rotatable bonds is 5. The van der Waals surface area contributed by atoms with Crippen molar-refractivity contribution in [1.29, 1.82) is 0 Å². The lowest BCUT2D eigenvalue weighted by Gasteiger charge is -2.38. The number of piperidine rings is 1. The minimum absolute atomic E-state index is 0.0741. The van der Waals surface area contributed by atoms with Gasteiger partial charge in [0, 0.05) is 54.2 Å². The van der Waals surface area contributed by atoms with E-state index in [4.69, 9.17) is 9.15 Å². The Morgan fingerprint density at radius 3 is 2.81 bits per heavy atom. The maximum atomic E-state index is 11.5. The molecule has 2 fully saturated rings. The largest absolute Gasteiger partial charge is 0.460 e. The molecule has 1 aromatic carbocycles. The van der Waals surface area contributed by atoms with E-state index in [9.17, 15) is 4.79 Å². The van der Waals surface area contributed by atoms with Gasteiger partial charge in [0.1, 0.15) is 21.9 Å². The minimum atomic E-state index is 0.0741. The summed E-state index contributed by atoms with van der Waals surface area (Å²) in [6, 6.07) is 15.5.